The Morgan fingerprint density at radius 2 is 2.05 bits per heavy atom. The molecule has 1 heterocycles. The molecule has 1 aromatic heterocycles. The fraction of sp³-hybridized carbons (Fsp3) is 0.636. The van der Waals surface area contributed by atoms with Crippen LogP contribution in [0.1, 0.15) is 23.5 Å². The molecule has 4 N–H and O–H groups in total. The number of nitrogens with one attached hydrogen (secondary N) is 2. The Morgan fingerprint density at radius 1 is 1.43 bits per heavy atom. The van der Waals surface area contributed by atoms with Crippen molar-refractivity contribution in [2.24, 2.45) is 5.92 Å². The van der Waals surface area contributed by atoms with Gasteiger partial charge in [0.25, 0.3) is 5.91 Å². The number of carbonyl (C=O) groups excluding carboxylic acids is 1. The Balaban J connectivity index is 2.66. The molecular weight excluding hydrogens is 312 g/mol. The summed E-state index contributed by atoms with van der Waals surface area (Å²) in [7, 11) is 0. The lowest BCUT2D eigenvalue weighted by atomic mass is 10.2. The van der Waals surface area contributed by atoms with Crippen LogP contribution in [0, 0.1) is 5.92 Å². The second-order valence-electron chi connectivity index (χ2n) is 4.75. The third kappa shape index (κ3) is 5.03. The number of carbonyl (C=O) groups is 1. The summed E-state index contributed by atoms with van der Waals surface area (Å²) in [5.41, 5.74) is 5.51. The fourth-order valence-corrected chi connectivity index (χ4v) is 2.03. The molecule has 0 saturated heterocycles. The van der Waals surface area contributed by atoms with Gasteiger partial charge in [-0.15, -0.1) is 0 Å². The van der Waals surface area contributed by atoms with E-state index in [1.165, 1.54) is 0 Å². The number of nitrogen functional groups attached to an aromatic ring is 1. The third-order valence-electron chi connectivity index (χ3n) is 2.33. The number of rotatable bonds is 7. The summed E-state index contributed by atoms with van der Waals surface area (Å²) in [5, 5.41) is 5.03. The van der Waals surface area contributed by atoms with E-state index in [4.69, 9.17) is 5.73 Å². The first-order chi connectivity index (χ1) is 9.63. The second kappa shape index (κ2) is 6.92. The minimum absolute atomic E-state index is 0.0914. The van der Waals surface area contributed by atoms with Crippen molar-refractivity contribution < 1.29 is 22.4 Å². The molecule has 1 amide bonds. The van der Waals surface area contributed by atoms with E-state index in [1.54, 1.807) is 5.32 Å². The molecule has 0 atom stereocenters. The van der Waals surface area contributed by atoms with Gasteiger partial charge in [-0.05, 0) is 5.92 Å². The van der Waals surface area contributed by atoms with Crippen LogP contribution in [-0.4, -0.2) is 36.3 Å². The maximum Gasteiger partial charge on any atom is 0.324 e. The van der Waals surface area contributed by atoms with Gasteiger partial charge in [0.1, 0.15) is 10.7 Å². The highest BCUT2D eigenvalue weighted by molar-refractivity contribution is 7.18. The molecule has 5 nitrogen and oxygen atoms in total. The molecule has 0 aliphatic rings. The van der Waals surface area contributed by atoms with Gasteiger partial charge in [-0.2, -0.15) is 8.78 Å². The first-order valence-corrected chi connectivity index (χ1v) is 6.89. The summed E-state index contributed by atoms with van der Waals surface area (Å²) in [6.45, 7) is 3.06. The summed E-state index contributed by atoms with van der Waals surface area (Å²) in [6, 6.07) is 0. The molecule has 1 aromatic rings. The van der Waals surface area contributed by atoms with E-state index in [1.807, 2.05) is 13.8 Å². The largest absolute Gasteiger partial charge is 0.382 e. The minimum Gasteiger partial charge on any atom is -0.382 e. The van der Waals surface area contributed by atoms with Crippen molar-refractivity contribution >= 4 is 28.2 Å². The quantitative estimate of drug-likeness (QED) is 0.672. The van der Waals surface area contributed by atoms with Crippen LogP contribution in [-0.2, 0) is 0 Å². The molecule has 120 valence electrons. The van der Waals surface area contributed by atoms with Crippen molar-refractivity contribution in [3.63, 3.8) is 0 Å². The Labute approximate surface area is 122 Å². The molecule has 0 aliphatic carbocycles. The lowest BCUT2D eigenvalue weighted by Crippen LogP contribution is -2.41. The number of aromatic nitrogens is 1. The molecule has 0 saturated carbocycles. The molecular formula is C11H16F4N4OS. The average Bonchev–Trinajstić information content (AvgIpc) is 2.75. The van der Waals surface area contributed by atoms with Gasteiger partial charge in [0.05, 0.1) is 6.54 Å². The van der Waals surface area contributed by atoms with Gasteiger partial charge in [-0.1, -0.05) is 25.2 Å². The number of halogens is 4. The predicted molar refractivity (Wildman–Crippen MR) is 73.1 cm³/mol. The minimum atomic E-state index is -4.28. The number of nitrogens with two attached hydrogens (primary N) is 1. The molecule has 10 heteroatoms. The highest BCUT2D eigenvalue weighted by Crippen LogP contribution is 2.26. The van der Waals surface area contributed by atoms with E-state index in [0.29, 0.717) is 17.6 Å². The van der Waals surface area contributed by atoms with Crippen LogP contribution >= 0.6 is 11.3 Å². The molecule has 0 spiro atoms. The lowest BCUT2D eigenvalue weighted by molar-refractivity contribution is -0.123. The SMILES string of the molecule is CC(C)CNc1nc(N)c(C(=O)NCC(F)(F)C(F)F)s1. The zero-order valence-corrected chi connectivity index (χ0v) is 12.2. The Morgan fingerprint density at radius 3 is 2.57 bits per heavy atom. The number of nitrogens with zero attached hydrogens (tertiary/aromatic N) is 1. The second-order valence-corrected chi connectivity index (χ2v) is 5.75. The summed E-state index contributed by atoms with van der Waals surface area (Å²) in [5.74, 6) is -5.04. The monoisotopic (exact) mass is 328 g/mol. The summed E-state index contributed by atoms with van der Waals surface area (Å²) in [4.78, 5) is 15.4. The lowest BCUT2D eigenvalue weighted by Gasteiger charge is -2.15. The normalized spacial score (nSPS) is 12.0. The maximum atomic E-state index is 12.7. The van der Waals surface area contributed by atoms with E-state index >= 15 is 0 Å². The van der Waals surface area contributed by atoms with Crippen molar-refractivity contribution in [1.29, 1.82) is 0 Å². The Hall–Kier alpha value is -1.58. The topological polar surface area (TPSA) is 80.0 Å². The number of anilines is 2. The van der Waals surface area contributed by atoms with E-state index in [0.717, 1.165) is 11.3 Å². The van der Waals surface area contributed by atoms with Crippen LogP contribution in [0.4, 0.5) is 28.5 Å². The molecule has 0 aliphatic heterocycles. The number of amides is 1. The van der Waals surface area contributed by atoms with Gasteiger partial charge >= 0.3 is 12.3 Å². The number of hydrogen-bond acceptors (Lipinski definition) is 5. The number of alkyl halides is 4. The van der Waals surface area contributed by atoms with E-state index < -0.39 is 24.8 Å². The van der Waals surface area contributed by atoms with Crippen LogP contribution in [0.5, 0.6) is 0 Å². The van der Waals surface area contributed by atoms with Gasteiger partial charge in [-0.25, -0.2) is 13.8 Å². The van der Waals surface area contributed by atoms with Gasteiger partial charge in [-0.3, -0.25) is 4.79 Å². The van der Waals surface area contributed by atoms with Crippen molar-refractivity contribution in [2.45, 2.75) is 26.2 Å². The van der Waals surface area contributed by atoms with Crippen LogP contribution in [0.2, 0.25) is 0 Å². The van der Waals surface area contributed by atoms with Gasteiger partial charge in [0, 0.05) is 6.54 Å². The molecule has 0 aromatic carbocycles. The highest BCUT2D eigenvalue weighted by Gasteiger charge is 2.41. The van der Waals surface area contributed by atoms with Crippen molar-refractivity contribution in [1.82, 2.24) is 10.3 Å². The highest BCUT2D eigenvalue weighted by atomic mass is 32.1. The van der Waals surface area contributed by atoms with E-state index in [-0.39, 0.29) is 10.7 Å². The summed E-state index contributed by atoms with van der Waals surface area (Å²) < 4.78 is 49.4. The number of thiazole rings is 1. The average molecular weight is 328 g/mol. The summed E-state index contributed by atoms with van der Waals surface area (Å²) in [6.07, 6.45) is -3.85. The molecule has 0 radical (unpaired) electrons. The van der Waals surface area contributed by atoms with E-state index in [9.17, 15) is 22.4 Å². The molecule has 1 rings (SSSR count). The van der Waals surface area contributed by atoms with Crippen molar-refractivity contribution in [2.75, 3.05) is 24.1 Å². The van der Waals surface area contributed by atoms with Crippen molar-refractivity contribution in [3.8, 4) is 0 Å². The molecule has 0 bridgehead atoms. The first kappa shape index (κ1) is 17.5. The smallest absolute Gasteiger partial charge is 0.324 e. The zero-order chi connectivity index (χ0) is 16.2. The zero-order valence-electron chi connectivity index (χ0n) is 11.4. The van der Waals surface area contributed by atoms with Crippen LogP contribution in [0.3, 0.4) is 0 Å². The Bertz CT molecular complexity index is 493. The number of hydrogen-bond donors (Lipinski definition) is 3. The Kier molecular flexibility index (Phi) is 5.76. The molecule has 0 unspecified atom stereocenters. The van der Waals surface area contributed by atoms with Crippen LogP contribution < -0.4 is 16.4 Å². The summed E-state index contributed by atoms with van der Waals surface area (Å²) >= 11 is 0.877. The standard InChI is InChI=1S/C11H16F4N4OS/c1-5(2)3-17-10-19-7(16)6(21-10)8(20)18-4-11(14,15)9(12)13/h5,9H,3-4,16H2,1-2H3,(H,17,19)(H,18,20). The van der Waals surface area contributed by atoms with Crippen LogP contribution in [0.25, 0.3) is 0 Å². The third-order valence-corrected chi connectivity index (χ3v) is 3.35. The van der Waals surface area contributed by atoms with E-state index in [2.05, 4.69) is 10.3 Å². The fourth-order valence-electron chi connectivity index (χ4n) is 1.22. The maximum absolute atomic E-state index is 12.7. The van der Waals surface area contributed by atoms with Crippen LogP contribution in [0.15, 0.2) is 0 Å². The van der Waals surface area contributed by atoms with Gasteiger partial charge < -0.3 is 16.4 Å². The molecule has 0 fully saturated rings. The first-order valence-electron chi connectivity index (χ1n) is 6.07. The van der Waals surface area contributed by atoms with Gasteiger partial charge in [0.15, 0.2) is 5.13 Å². The predicted octanol–water partition coefficient (Wildman–Crippen LogP) is 2.42. The van der Waals surface area contributed by atoms with Crippen molar-refractivity contribution in [3.05, 3.63) is 4.88 Å². The van der Waals surface area contributed by atoms with Gasteiger partial charge in [0.2, 0.25) is 0 Å². The molecule has 21 heavy (non-hydrogen) atoms.